The summed E-state index contributed by atoms with van der Waals surface area (Å²) < 4.78 is 0. The van der Waals surface area contributed by atoms with E-state index >= 15 is 0 Å². The fraction of sp³-hybridized carbons (Fsp3) is 0.692. The third-order valence-corrected chi connectivity index (χ3v) is 7.11. The molecule has 0 saturated heterocycles. The molecule has 0 bridgehead atoms. The van der Waals surface area contributed by atoms with Gasteiger partial charge in [0.2, 0.25) is 0 Å². The molecule has 0 spiro atoms. The summed E-state index contributed by atoms with van der Waals surface area (Å²) in [4.78, 5) is 0. The molecule has 1 aliphatic rings. The van der Waals surface area contributed by atoms with Gasteiger partial charge in [-0.15, -0.1) is 0 Å². The Morgan fingerprint density at radius 1 is 1.15 bits per heavy atom. The van der Waals surface area contributed by atoms with E-state index in [0.717, 1.165) is 24.8 Å². The monoisotopic (exact) mass is 369 g/mol. The molecule has 1 nitrogen and oxygen atoms in total. The molecule has 1 saturated carbocycles. The second kappa shape index (κ2) is 10.5. The van der Waals surface area contributed by atoms with Crippen molar-refractivity contribution in [2.45, 2.75) is 104 Å². The van der Waals surface area contributed by atoms with Crippen molar-refractivity contribution in [2.24, 2.45) is 5.92 Å². The van der Waals surface area contributed by atoms with Crippen LogP contribution in [0.15, 0.2) is 30.4 Å². The minimum Gasteiger partial charge on any atom is -0.308 e. The Morgan fingerprint density at radius 3 is 2.41 bits per heavy atom. The molecule has 2 rings (SSSR count). The lowest BCUT2D eigenvalue weighted by Gasteiger charge is -2.36. The minimum atomic E-state index is 0.159. The van der Waals surface area contributed by atoms with Crippen molar-refractivity contribution >= 4 is 0 Å². The molecule has 1 unspecified atom stereocenters. The Labute approximate surface area is 169 Å². The van der Waals surface area contributed by atoms with Gasteiger partial charge in [0, 0.05) is 5.54 Å². The highest BCUT2D eigenvalue weighted by atomic mass is 15.0. The molecule has 1 N–H and O–H groups in total. The zero-order valence-electron chi connectivity index (χ0n) is 18.7. The average Bonchev–Trinajstić information content (AvgIpc) is 2.65. The van der Waals surface area contributed by atoms with Crippen LogP contribution in [0.1, 0.15) is 101 Å². The van der Waals surface area contributed by atoms with Gasteiger partial charge < -0.3 is 5.32 Å². The van der Waals surface area contributed by atoms with Gasteiger partial charge in [0.1, 0.15) is 0 Å². The van der Waals surface area contributed by atoms with Crippen molar-refractivity contribution in [1.29, 1.82) is 0 Å². The van der Waals surface area contributed by atoms with Crippen molar-refractivity contribution in [3.05, 3.63) is 47.0 Å². The zero-order valence-corrected chi connectivity index (χ0v) is 18.7. The second-order valence-electron chi connectivity index (χ2n) is 9.11. The van der Waals surface area contributed by atoms with Crippen LogP contribution in [0.4, 0.5) is 0 Å². The van der Waals surface area contributed by atoms with Crippen LogP contribution in [0, 0.1) is 19.8 Å². The molecule has 0 aliphatic heterocycles. The molecule has 0 heterocycles. The van der Waals surface area contributed by atoms with E-state index in [1.807, 2.05) is 0 Å². The van der Waals surface area contributed by atoms with Gasteiger partial charge >= 0.3 is 0 Å². The van der Waals surface area contributed by atoms with Crippen LogP contribution < -0.4 is 5.32 Å². The first-order valence-electron chi connectivity index (χ1n) is 11.4. The summed E-state index contributed by atoms with van der Waals surface area (Å²) in [7, 11) is 0. The quantitative estimate of drug-likeness (QED) is 0.422. The number of unbranched alkanes of at least 4 members (excludes halogenated alkanes) is 1. The molecule has 0 amide bonds. The van der Waals surface area contributed by atoms with Gasteiger partial charge in [-0.05, 0) is 95.2 Å². The number of hydrogen-bond donors (Lipinski definition) is 1. The van der Waals surface area contributed by atoms with Crippen LogP contribution in [0.3, 0.4) is 0 Å². The largest absolute Gasteiger partial charge is 0.308 e. The fourth-order valence-electron chi connectivity index (χ4n) is 5.10. The molecule has 1 aromatic carbocycles. The van der Waals surface area contributed by atoms with E-state index in [9.17, 15) is 0 Å². The van der Waals surface area contributed by atoms with Crippen molar-refractivity contribution < 1.29 is 0 Å². The highest BCUT2D eigenvalue weighted by molar-refractivity contribution is 5.33. The first-order chi connectivity index (χ1) is 12.9. The van der Waals surface area contributed by atoms with Crippen LogP contribution in [-0.4, -0.2) is 12.1 Å². The summed E-state index contributed by atoms with van der Waals surface area (Å²) in [6.45, 7) is 16.7. The molecule has 1 aromatic rings. The molecular formula is C26H43N. The number of aryl methyl sites for hydroxylation is 2. The summed E-state index contributed by atoms with van der Waals surface area (Å²) in [6.07, 6.45) is 11.8. The maximum atomic E-state index is 4.31. The van der Waals surface area contributed by atoms with Crippen molar-refractivity contribution in [3.63, 3.8) is 0 Å². The summed E-state index contributed by atoms with van der Waals surface area (Å²) >= 11 is 0. The smallest absolute Gasteiger partial charge is 0.0385 e. The molecule has 27 heavy (non-hydrogen) atoms. The van der Waals surface area contributed by atoms with Crippen LogP contribution in [0.5, 0.6) is 0 Å². The van der Waals surface area contributed by atoms with E-state index in [1.54, 1.807) is 5.56 Å². The van der Waals surface area contributed by atoms with E-state index in [4.69, 9.17) is 0 Å². The van der Waals surface area contributed by atoms with Crippen LogP contribution >= 0.6 is 0 Å². The predicted molar refractivity (Wildman–Crippen MR) is 121 cm³/mol. The van der Waals surface area contributed by atoms with Gasteiger partial charge in [-0.2, -0.15) is 0 Å². The predicted octanol–water partition coefficient (Wildman–Crippen LogP) is 7.47. The van der Waals surface area contributed by atoms with E-state index < -0.39 is 0 Å². The first-order valence-corrected chi connectivity index (χ1v) is 11.4. The zero-order chi connectivity index (χ0) is 19.9. The maximum Gasteiger partial charge on any atom is 0.0385 e. The lowest BCUT2D eigenvalue weighted by Crippen LogP contribution is -2.46. The minimum absolute atomic E-state index is 0.159. The lowest BCUT2D eigenvalue weighted by atomic mass is 9.76. The third kappa shape index (κ3) is 5.95. The van der Waals surface area contributed by atoms with E-state index in [2.05, 4.69) is 64.7 Å². The van der Waals surface area contributed by atoms with Gasteiger partial charge in [-0.3, -0.25) is 0 Å². The van der Waals surface area contributed by atoms with Crippen molar-refractivity contribution in [3.8, 4) is 0 Å². The molecule has 0 aromatic heterocycles. The molecule has 152 valence electrons. The topological polar surface area (TPSA) is 12.0 Å². The van der Waals surface area contributed by atoms with Gasteiger partial charge in [0.05, 0.1) is 0 Å². The van der Waals surface area contributed by atoms with Crippen LogP contribution in [-0.2, 0) is 0 Å². The first kappa shape index (κ1) is 22.2. The van der Waals surface area contributed by atoms with Gasteiger partial charge in [0.25, 0.3) is 0 Å². The maximum absolute atomic E-state index is 4.31. The highest BCUT2D eigenvalue weighted by Gasteiger charge is 2.28. The van der Waals surface area contributed by atoms with Crippen LogP contribution in [0.2, 0.25) is 0 Å². The number of benzene rings is 1. The van der Waals surface area contributed by atoms with Gasteiger partial charge in [0.15, 0.2) is 0 Å². The molecule has 1 fully saturated rings. The highest BCUT2D eigenvalue weighted by Crippen LogP contribution is 2.38. The summed E-state index contributed by atoms with van der Waals surface area (Å²) in [6, 6.07) is 7.02. The van der Waals surface area contributed by atoms with Crippen molar-refractivity contribution in [2.75, 3.05) is 6.54 Å². The Bertz CT molecular complexity index is 594. The molecule has 1 atom stereocenters. The normalized spacial score (nSPS) is 22.4. The SMILES string of the molecule is C=C(C)C(CC)(CCCC)NCCC1CCC(c2ccc(C)cc2C)CC1. The van der Waals surface area contributed by atoms with E-state index in [0.29, 0.717) is 0 Å². The van der Waals surface area contributed by atoms with E-state index in [-0.39, 0.29) is 5.54 Å². The molecule has 1 heteroatoms. The lowest BCUT2D eigenvalue weighted by molar-refractivity contribution is 0.278. The van der Waals surface area contributed by atoms with Crippen molar-refractivity contribution in [1.82, 2.24) is 5.32 Å². The van der Waals surface area contributed by atoms with E-state index in [1.165, 1.54) is 68.1 Å². The number of hydrogen-bond acceptors (Lipinski definition) is 1. The Morgan fingerprint density at radius 2 is 1.85 bits per heavy atom. The molecule has 0 radical (unpaired) electrons. The summed E-state index contributed by atoms with van der Waals surface area (Å²) in [5.74, 6) is 1.68. The standard InChI is InChI=1S/C26H43N/c1-7-9-17-26(8-2,20(3)4)27-18-16-23-11-13-24(14-12-23)25-15-10-21(5)19-22(25)6/h10,15,19,23-24,27H,3,7-9,11-14,16-18H2,1-2,4-6H3. The molecular weight excluding hydrogens is 326 g/mol. The van der Waals surface area contributed by atoms with Crippen LogP contribution in [0.25, 0.3) is 0 Å². The fourth-order valence-corrected chi connectivity index (χ4v) is 5.10. The van der Waals surface area contributed by atoms with Gasteiger partial charge in [-0.25, -0.2) is 0 Å². The molecule has 1 aliphatic carbocycles. The second-order valence-corrected chi connectivity index (χ2v) is 9.11. The Balaban J connectivity index is 1.82. The number of rotatable bonds is 10. The summed E-state index contributed by atoms with van der Waals surface area (Å²) in [5, 5.41) is 3.92. The Hall–Kier alpha value is -1.08. The van der Waals surface area contributed by atoms with Gasteiger partial charge in [-0.1, -0.05) is 62.6 Å². The average molecular weight is 370 g/mol. The Kier molecular flexibility index (Phi) is 8.61. The third-order valence-electron chi connectivity index (χ3n) is 7.11. The number of nitrogens with one attached hydrogen (secondary N) is 1. The summed E-state index contributed by atoms with van der Waals surface area (Å²) in [5.41, 5.74) is 5.95.